The van der Waals surface area contributed by atoms with Crippen molar-refractivity contribution in [2.75, 3.05) is 6.61 Å². The van der Waals surface area contributed by atoms with Gasteiger partial charge in [-0.05, 0) is 85.9 Å². The Morgan fingerprint density at radius 1 is 0.786 bits per heavy atom. The van der Waals surface area contributed by atoms with E-state index >= 15 is 0 Å². The van der Waals surface area contributed by atoms with E-state index in [1.807, 2.05) is 24.3 Å². The molecule has 1 heteroatoms. The third-order valence-electron chi connectivity index (χ3n) is 6.03. The van der Waals surface area contributed by atoms with Crippen LogP contribution in [0.5, 0.6) is 5.75 Å². The zero-order valence-electron chi connectivity index (χ0n) is 17.5. The van der Waals surface area contributed by atoms with E-state index < -0.39 is 0 Å². The third-order valence-corrected chi connectivity index (χ3v) is 6.03. The summed E-state index contributed by atoms with van der Waals surface area (Å²) in [5.41, 5.74) is 3.61. The van der Waals surface area contributed by atoms with Gasteiger partial charge in [0.15, 0.2) is 0 Å². The number of rotatable bonds is 7. The molecule has 0 unspecified atom stereocenters. The second-order valence-electron chi connectivity index (χ2n) is 8.08. The van der Waals surface area contributed by atoms with Crippen molar-refractivity contribution in [3.05, 3.63) is 65.2 Å². The molecule has 0 aliphatic heterocycles. The minimum atomic E-state index is 0.745. The summed E-state index contributed by atoms with van der Waals surface area (Å²) in [6, 6.07) is 17.1. The van der Waals surface area contributed by atoms with Crippen LogP contribution in [0.25, 0.3) is 0 Å². The summed E-state index contributed by atoms with van der Waals surface area (Å²) in [4.78, 5) is 0. The van der Waals surface area contributed by atoms with E-state index in [2.05, 4.69) is 50.0 Å². The number of unbranched alkanes of at least 4 members (excludes halogenated alkanes) is 2. The molecular weight excluding hydrogens is 340 g/mol. The van der Waals surface area contributed by atoms with Crippen LogP contribution in [0.4, 0.5) is 0 Å². The molecule has 0 heterocycles. The summed E-state index contributed by atoms with van der Waals surface area (Å²) in [6.45, 7) is 5.33. The van der Waals surface area contributed by atoms with Crippen molar-refractivity contribution < 1.29 is 4.74 Å². The van der Waals surface area contributed by atoms with E-state index in [1.165, 1.54) is 50.5 Å². The van der Waals surface area contributed by atoms with Gasteiger partial charge in [-0.2, -0.15) is 0 Å². The fraction of sp³-hybridized carbons (Fsp3) is 0.481. The average molecular weight is 375 g/mol. The Kier molecular flexibility index (Phi) is 8.04. The summed E-state index contributed by atoms with van der Waals surface area (Å²) in [5.74, 6) is 9.20. The largest absolute Gasteiger partial charge is 0.494 e. The summed E-state index contributed by atoms with van der Waals surface area (Å²) in [7, 11) is 0. The van der Waals surface area contributed by atoms with Gasteiger partial charge in [0.25, 0.3) is 0 Å². The molecule has 0 amide bonds. The van der Waals surface area contributed by atoms with Crippen LogP contribution in [-0.2, 0) is 0 Å². The van der Waals surface area contributed by atoms with Crippen molar-refractivity contribution in [3.8, 4) is 17.6 Å². The SMILES string of the molecule is CCCCCOc1ccc(C#Cc2ccc([C@H]3CC[C@H](CC)CC3)cc2)cc1. The van der Waals surface area contributed by atoms with Crippen molar-refractivity contribution in [1.29, 1.82) is 0 Å². The predicted octanol–water partition coefficient (Wildman–Crippen LogP) is 7.34. The van der Waals surface area contributed by atoms with Crippen LogP contribution in [0.15, 0.2) is 48.5 Å². The Morgan fingerprint density at radius 2 is 1.39 bits per heavy atom. The van der Waals surface area contributed by atoms with Gasteiger partial charge in [-0.1, -0.05) is 57.1 Å². The maximum Gasteiger partial charge on any atom is 0.119 e. The first-order valence-corrected chi connectivity index (χ1v) is 11.1. The van der Waals surface area contributed by atoms with Crippen LogP contribution < -0.4 is 4.74 Å². The molecule has 1 saturated carbocycles. The van der Waals surface area contributed by atoms with Crippen molar-refractivity contribution in [1.82, 2.24) is 0 Å². The molecule has 0 bridgehead atoms. The maximum absolute atomic E-state index is 5.76. The zero-order chi connectivity index (χ0) is 19.6. The number of ether oxygens (including phenoxy) is 1. The highest BCUT2D eigenvalue weighted by molar-refractivity contribution is 5.45. The molecule has 1 fully saturated rings. The smallest absolute Gasteiger partial charge is 0.119 e. The minimum absolute atomic E-state index is 0.745. The molecule has 0 atom stereocenters. The molecule has 0 aromatic heterocycles. The van der Waals surface area contributed by atoms with Crippen LogP contribution >= 0.6 is 0 Å². The summed E-state index contributed by atoms with van der Waals surface area (Å²) in [6.07, 6.45) is 10.4. The van der Waals surface area contributed by atoms with Crippen molar-refractivity contribution >= 4 is 0 Å². The predicted molar refractivity (Wildman–Crippen MR) is 119 cm³/mol. The third kappa shape index (κ3) is 6.16. The Bertz CT molecular complexity index is 753. The van der Waals surface area contributed by atoms with Crippen LogP contribution in [0.2, 0.25) is 0 Å². The second kappa shape index (κ2) is 11.0. The molecule has 3 rings (SSSR count). The lowest BCUT2D eigenvalue weighted by Gasteiger charge is -2.28. The van der Waals surface area contributed by atoms with Gasteiger partial charge in [0.1, 0.15) is 5.75 Å². The summed E-state index contributed by atoms with van der Waals surface area (Å²) >= 11 is 0. The Balaban J connectivity index is 1.52. The average Bonchev–Trinajstić information content (AvgIpc) is 2.76. The first-order chi connectivity index (χ1) is 13.8. The quantitative estimate of drug-likeness (QED) is 0.364. The first-order valence-electron chi connectivity index (χ1n) is 11.1. The van der Waals surface area contributed by atoms with E-state index in [-0.39, 0.29) is 0 Å². The molecule has 1 nitrogen and oxygen atoms in total. The Morgan fingerprint density at radius 3 is 1.96 bits per heavy atom. The zero-order valence-corrected chi connectivity index (χ0v) is 17.5. The van der Waals surface area contributed by atoms with Crippen molar-refractivity contribution in [2.45, 2.75) is 71.1 Å². The van der Waals surface area contributed by atoms with Crippen molar-refractivity contribution in [3.63, 3.8) is 0 Å². The molecule has 1 aliphatic carbocycles. The van der Waals surface area contributed by atoms with Crippen LogP contribution in [0.3, 0.4) is 0 Å². The Hall–Kier alpha value is -2.20. The highest BCUT2D eigenvalue weighted by Crippen LogP contribution is 2.36. The van der Waals surface area contributed by atoms with E-state index in [0.717, 1.165) is 41.7 Å². The van der Waals surface area contributed by atoms with Gasteiger partial charge >= 0.3 is 0 Å². The van der Waals surface area contributed by atoms with E-state index in [0.29, 0.717) is 0 Å². The molecule has 28 heavy (non-hydrogen) atoms. The molecule has 0 N–H and O–H groups in total. The van der Waals surface area contributed by atoms with E-state index in [9.17, 15) is 0 Å². The maximum atomic E-state index is 5.76. The molecule has 0 radical (unpaired) electrons. The molecule has 0 spiro atoms. The van der Waals surface area contributed by atoms with E-state index in [4.69, 9.17) is 4.74 Å². The second-order valence-corrected chi connectivity index (χ2v) is 8.08. The molecule has 2 aromatic carbocycles. The van der Waals surface area contributed by atoms with Gasteiger partial charge in [-0.25, -0.2) is 0 Å². The molecule has 0 saturated heterocycles. The first kappa shape index (κ1) is 20.5. The fourth-order valence-corrected chi connectivity index (χ4v) is 4.06. The van der Waals surface area contributed by atoms with Crippen LogP contribution in [-0.4, -0.2) is 6.61 Å². The van der Waals surface area contributed by atoms with Gasteiger partial charge in [0.05, 0.1) is 6.61 Å². The number of hydrogen-bond donors (Lipinski definition) is 0. The number of benzene rings is 2. The lowest BCUT2D eigenvalue weighted by atomic mass is 9.78. The van der Waals surface area contributed by atoms with Gasteiger partial charge in [0, 0.05) is 11.1 Å². The minimum Gasteiger partial charge on any atom is -0.494 e. The van der Waals surface area contributed by atoms with Gasteiger partial charge in [-0.15, -0.1) is 0 Å². The molecular formula is C27H34O. The normalized spacial score (nSPS) is 18.9. The number of hydrogen-bond acceptors (Lipinski definition) is 1. The monoisotopic (exact) mass is 374 g/mol. The lowest BCUT2D eigenvalue weighted by molar-refractivity contribution is 0.306. The van der Waals surface area contributed by atoms with Crippen molar-refractivity contribution in [2.24, 2.45) is 5.92 Å². The summed E-state index contributed by atoms with van der Waals surface area (Å²) in [5, 5.41) is 0. The van der Waals surface area contributed by atoms with Gasteiger partial charge in [0.2, 0.25) is 0 Å². The van der Waals surface area contributed by atoms with E-state index in [1.54, 1.807) is 0 Å². The Labute approximate surface area is 171 Å². The topological polar surface area (TPSA) is 9.23 Å². The highest BCUT2D eigenvalue weighted by atomic mass is 16.5. The lowest BCUT2D eigenvalue weighted by Crippen LogP contribution is -2.12. The molecule has 2 aromatic rings. The molecule has 148 valence electrons. The van der Waals surface area contributed by atoms with Gasteiger partial charge < -0.3 is 4.74 Å². The van der Waals surface area contributed by atoms with Crippen LogP contribution in [0, 0.1) is 17.8 Å². The summed E-state index contributed by atoms with van der Waals surface area (Å²) < 4.78 is 5.76. The standard InChI is InChI=1S/C27H34O/c1-3-5-6-21-28-27-19-13-24(14-20-27)8-7-23-11-17-26(18-12-23)25-15-9-22(4-2)10-16-25/h11-14,17-20,22,25H,3-6,9-10,15-16,21H2,1-2H3/t22-,25-. The molecule has 1 aliphatic rings. The fourth-order valence-electron chi connectivity index (χ4n) is 4.06. The van der Waals surface area contributed by atoms with Gasteiger partial charge in [-0.3, -0.25) is 0 Å². The highest BCUT2D eigenvalue weighted by Gasteiger charge is 2.20. The van der Waals surface area contributed by atoms with Crippen LogP contribution in [0.1, 0.15) is 87.8 Å².